The molecule has 0 aromatic heterocycles. The van der Waals surface area contributed by atoms with E-state index < -0.39 is 100 Å². The number of methoxy groups -OCH3 is 4. The van der Waals surface area contributed by atoms with Crippen molar-refractivity contribution in [1.29, 1.82) is 0 Å². The minimum Gasteiger partial charge on any atom is -0.455 e. The van der Waals surface area contributed by atoms with Gasteiger partial charge in [-0.05, 0) is 24.5 Å². The van der Waals surface area contributed by atoms with Crippen molar-refractivity contribution >= 4 is 18.3 Å². The summed E-state index contributed by atoms with van der Waals surface area (Å²) >= 11 is 0. The van der Waals surface area contributed by atoms with Crippen LogP contribution in [0.3, 0.4) is 0 Å². The minimum atomic E-state index is -1.92. The number of benzene rings is 1. The molecule has 252 valence electrons. The Labute approximate surface area is 267 Å². The number of carbonyl (C=O) groups excluding carboxylic acids is 3. The van der Waals surface area contributed by atoms with Gasteiger partial charge in [-0.3, -0.25) is 9.59 Å². The Kier molecular flexibility index (Phi) is 7.41. The van der Waals surface area contributed by atoms with Crippen LogP contribution in [0.4, 0.5) is 0 Å². The van der Waals surface area contributed by atoms with E-state index in [0.717, 1.165) is 6.41 Å². The molecule has 1 saturated heterocycles. The number of likely N-dealkylation sites (tertiary alicyclic amines) is 1. The predicted octanol–water partition coefficient (Wildman–Crippen LogP) is -0.215. The van der Waals surface area contributed by atoms with Crippen molar-refractivity contribution in [2.24, 2.45) is 34.5 Å². The Hall–Kier alpha value is -2.65. The van der Waals surface area contributed by atoms with E-state index in [9.17, 15) is 29.7 Å². The van der Waals surface area contributed by atoms with Gasteiger partial charge in [-0.2, -0.15) is 0 Å². The molecule has 1 spiro atoms. The van der Waals surface area contributed by atoms with E-state index in [1.807, 2.05) is 0 Å². The topological polar surface area (TPSA) is 171 Å². The van der Waals surface area contributed by atoms with E-state index in [-0.39, 0.29) is 31.6 Å². The number of aliphatic hydroxyl groups is 3. The fourth-order valence-corrected chi connectivity index (χ4v) is 12.0. The lowest BCUT2D eigenvalue weighted by Gasteiger charge is -2.69. The van der Waals surface area contributed by atoms with Gasteiger partial charge in [0.25, 0.3) is 0 Å². The van der Waals surface area contributed by atoms with Crippen LogP contribution in [0, 0.1) is 34.5 Å². The zero-order valence-corrected chi connectivity index (χ0v) is 26.6. The second-order valence-corrected chi connectivity index (χ2v) is 14.1. The van der Waals surface area contributed by atoms with Gasteiger partial charge >= 0.3 is 11.9 Å². The summed E-state index contributed by atoms with van der Waals surface area (Å²) in [5, 5.41) is 37.0. The summed E-state index contributed by atoms with van der Waals surface area (Å²) < 4.78 is 36.8. The van der Waals surface area contributed by atoms with Crippen LogP contribution in [0.25, 0.3) is 0 Å². The fraction of sp³-hybridized carbons (Fsp3) is 0.727. The lowest BCUT2D eigenvalue weighted by molar-refractivity contribution is -0.319. The van der Waals surface area contributed by atoms with Crippen LogP contribution in [0.1, 0.15) is 30.1 Å². The summed E-state index contributed by atoms with van der Waals surface area (Å²) in [5.74, 6) is -4.46. The van der Waals surface area contributed by atoms with Gasteiger partial charge in [-0.1, -0.05) is 18.2 Å². The van der Waals surface area contributed by atoms with Gasteiger partial charge < -0.3 is 48.6 Å². The van der Waals surface area contributed by atoms with Crippen LogP contribution >= 0.6 is 0 Å². The maximum absolute atomic E-state index is 13.7. The van der Waals surface area contributed by atoms with Crippen molar-refractivity contribution in [3.05, 3.63) is 35.9 Å². The van der Waals surface area contributed by atoms with Crippen LogP contribution in [-0.4, -0.2) is 134 Å². The lowest BCUT2D eigenvalue weighted by Crippen LogP contribution is -2.81. The second-order valence-electron chi connectivity index (χ2n) is 14.1. The molecule has 7 bridgehead atoms. The summed E-state index contributed by atoms with van der Waals surface area (Å²) in [5.41, 5.74) is -5.54. The second kappa shape index (κ2) is 10.7. The zero-order valence-electron chi connectivity index (χ0n) is 26.6. The number of nitrogens with zero attached hydrogens (tertiary/aromatic N) is 1. The highest BCUT2D eigenvalue weighted by Gasteiger charge is 2.92. The van der Waals surface area contributed by atoms with E-state index in [1.54, 1.807) is 42.3 Å². The molecule has 1 heterocycles. The average Bonchev–Trinajstić information content (AvgIpc) is 3.41. The highest BCUT2D eigenvalue weighted by atomic mass is 16.6. The van der Waals surface area contributed by atoms with E-state index in [4.69, 9.17) is 28.4 Å². The molecule has 1 aromatic rings. The van der Waals surface area contributed by atoms with Gasteiger partial charge in [0, 0.05) is 83.0 Å². The molecule has 1 aliphatic heterocycles. The quantitative estimate of drug-likeness (QED) is 0.239. The molecule has 6 fully saturated rings. The first-order chi connectivity index (χ1) is 22.0. The van der Waals surface area contributed by atoms with Crippen LogP contribution in [0.5, 0.6) is 0 Å². The van der Waals surface area contributed by atoms with Gasteiger partial charge in [0.1, 0.15) is 23.9 Å². The molecule has 5 saturated carbocycles. The fourth-order valence-electron chi connectivity index (χ4n) is 12.0. The first-order valence-corrected chi connectivity index (χ1v) is 15.8. The molecule has 1 aromatic carbocycles. The molecule has 1 amide bonds. The SMILES string of the molecule is COC[C@]12CN(C=O)[C@@H]3[C@@H]4[C@H](OC)C1[C@]3(C1C[C@@]3(O)[C@H](OC(=O)c5ccccc5)C1[C@]4(OC(C)=O)[C@@H](O)[C@@H]3OC)[C@@H](OC)C[C@H]2O. The summed E-state index contributed by atoms with van der Waals surface area (Å²) in [6.07, 6.45) is -5.77. The maximum atomic E-state index is 13.7. The summed E-state index contributed by atoms with van der Waals surface area (Å²) in [6, 6.07) is 7.64. The molecule has 3 N–H and O–H groups in total. The van der Waals surface area contributed by atoms with Gasteiger partial charge in [-0.25, -0.2) is 4.79 Å². The Balaban J connectivity index is 1.53. The lowest BCUT2D eigenvalue weighted by atomic mass is 9.42. The van der Waals surface area contributed by atoms with Gasteiger partial charge in [0.15, 0.2) is 5.60 Å². The Morgan fingerprint density at radius 1 is 1.02 bits per heavy atom. The molecular weight excluding hydrogens is 602 g/mol. The number of esters is 2. The van der Waals surface area contributed by atoms with Crippen molar-refractivity contribution in [3.63, 3.8) is 0 Å². The number of amides is 1. The normalized spacial score (nSPS) is 49.4. The van der Waals surface area contributed by atoms with Gasteiger partial charge in [-0.15, -0.1) is 0 Å². The number of rotatable bonds is 9. The van der Waals surface area contributed by atoms with E-state index in [2.05, 4.69) is 0 Å². The number of fused-ring (bicyclic) bond motifs is 2. The van der Waals surface area contributed by atoms with Gasteiger partial charge in [0.05, 0.1) is 30.5 Å². The number of ether oxygens (including phenoxy) is 6. The highest BCUT2D eigenvalue weighted by Crippen LogP contribution is 2.80. The molecule has 46 heavy (non-hydrogen) atoms. The Morgan fingerprint density at radius 3 is 2.33 bits per heavy atom. The molecule has 13 heteroatoms. The summed E-state index contributed by atoms with van der Waals surface area (Å²) in [4.78, 5) is 41.6. The predicted molar refractivity (Wildman–Crippen MR) is 156 cm³/mol. The third-order valence-corrected chi connectivity index (χ3v) is 12.8. The number of hydrogen-bond donors (Lipinski definition) is 3. The van der Waals surface area contributed by atoms with E-state index >= 15 is 0 Å². The Bertz CT molecular complexity index is 1400. The van der Waals surface area contributed by atoms with E-state index in [0.29, 0.717) is 0 Å². The zero-order chi connectivity index (χ0) is 33.0. The number of carbonyl (C=O) groups is 3. The van der Waals surface area contributed by atoms with Crippen molar-refractivity contribution in [1.82, 2.24) is 4.90 Å². The van der Waals surface area contributed by atoms with Crippen molar-refractivity contribution in [2.45, 2.75) is 73.6 Å². The number of aliphatic hydroxyl groups excluding tert-OH is 2. The van der Waals surface area contributed by atoms with E-state index in [1.165, 1.54) is 28.3 Å². The minimum absolute atomic E-state index is 0.0369. The third-order valence-electron chi connectivity index (χ3n) is 12.8. The summed E-state index contributed by atoms with van der Waals surface area (Å²) in [7, 11) is 5.95. The molecule has 3 unspecified atom stereocenters. The molecular formula is C33H43NO12. The molecule has 7 rings (SSSR count). The first kappa shape index (κ1) is 31.9. The molecule has 6 aliphatic rings. The highest BCUT2D eigenvalue weighted by molar-refractivity contribution is 5.89. The first-order valence-electron chi connectivity index (χ1n) is 15.8. The van der Waals surface area contributed by atoms with Crippen LogP contribution < -0.4 is 0 Å². The molecule has 15 atom stereocenters. The molecule has 5 aliphatic carbocycles. The van der Waals surface area contributed by atoms with Crippen LogP contribution in [0.2, 0.25) is 0 Å². The largest absolute Gasteiger partial charge is 0.455 e. The molecule has 0 radical (unpaired) electrons. The smallest absolute Gasteiger partial charge is 0.338 e. The molecule has 13 nitrogen and oxygen atoms in total. The maximum Gasteiger partial charge on any atom is 0.338 e. The summed E-state index contributed by atoms with van der Waals surface area (Å²) in [6.45, 7) is 1.44. The Morgan fingerprint density at radius 2 is 1.74 bits per heavy atom. The van der Waals surface area contributed by atoms with Crippen LogP contribution in [-0.2, 0) is 38.0 Å². The number of piperidine rings is 1. The standard InChI is InChI=1S/C33H43NO12/c1-16(36)46-33-21-18(12-31(40,28(44-5)26(33)38)27(21)45-29(39)17-9-7-6-8-10-17)32-20(42-3)11-19(37)30(14-41-2)13-34(15-35)25(32)22(33)23(43-4)24(30)32/h6-10,15,18-28,37-38,40H,11-14H2,1-5H3/t18?,19-,20+,21?,22+,23+,24?,25-,26+,27-,28+,30+,31-,32+,33-/m1/s1. The third kappa shape index (κ3) is 3.52. The monoisotopic (exact) mass is 645 g/mol. The van der Waals surface area contributed by atoms with Gasteiger partial charge in [0.2, 0.25) is 6.41 Å². The van der Waals surface area contributed by atoms with Crippen LogP contribution in [0.15, 0.2) is 30.3 Å². The van der Waals surface area contributed by atoms with Crippen molar-refractivity contribution in [2.75, 3.05) is 41.6 Å². The van der Waals surface area contributed by atoms with Crippen molar-refractivity contribution in [3.8, 4) is 0 Å². The average molecular weight is 646 g/mol. The van der Waals surface area contributed by atoms with Crippen molar-refractivity contribution < 1.29 is 58.1 Å². The number of hydrogen-bond acceptors (Lipinski definition) is 12.